The summed E-state index contributed by atoms with van der Waals surface area (Å²) in [5.41, 5.74) is 25.4. The highest BCUT2D eigenvalue weighted by Gasteiger charge is 2.48. The third kappa shape index (κ3) is 4.19. The Labute approximate surface area is 173 Å². The van der Waals surface area contributed by atoms with Gasteiger partial charge in [0.05, 0.1) is 0 Å². The van der Waals surface area contributed by atoms with Crippen LogP contribution in [-0.2, 0) is 5.41 Å². The lowest BCUT2D eigenvalue weighted by atomic mass is 9.53. The summed E-state index contributed by atoms with van der Waals surface area (Å²) in [7, 11) is 0. The lowest BCUT2D eigenvalue weighted by Crippen LogP contribution is -2.48. The van der Waals surface area contributed by atoms with Gasteiger partial charge in [-0.25, -0.2) is 0 Å². The van der Waals surface area contributed by atoms with Gasteiger partial charge >= 0.3 is 0 Å². The average Bonchev–Trinajstić information content (AvgIpc) is 2.71. The Morgan fingerprint density at radius 1 is 0.862 bits per heavy atom. The Balaban J connectivity index is 2.17. The third-order valence-corrected chi connectivity index (χ3v) is 7.66. The predicted molar refractivity (Wildman–Crippen MR) is 115 cm³/mol. The molecular formula is C23H36N4O2. The summed E-state index contributed by atoms with van der Waals surface area (Å²) < 4.78 is 0. The SMILES string of the molecule is CCC(c1cc(C(N)=O)ccc1C(N)=O)(C1CCC(N)CC1)C1CCC(N)CC1. The number of nitrogens with two attached hydrogens (primary N) is 4. The molecule has 0 atom stereocenters. The molecule has 2 aliphatic carbocycles. The summed E-state index contributed by atoms with van der Waals surface area (Å²) in [5.74, 6) is -0.141. The number of rotatable bonds is 6. The molecule has 0 bridgehead atoms. The Bertz CT molecular complexity index is 725. The highest BCUT2D eigenvalue weighted by atomic mass is 16.1. The fourth-order valence-electron chi connectivity index (χ4n) is 6.11. The molecule has 1 aromatic carbocycles. The van der Waals surface area contributed by atoms with E-state index in [2.05, 4.69) is 6.92 Å². The van der Waals surface area contributed by atoms with Crippen LogP contribution in [0.1, 0.15) is 91.0 Å². The molecule has 0 aliphatic heterocycles. The number of hydrogen-bond donors (Lipinski definition) is 4. The van der Waals surface area contributed by atoms with Crippen LogP contribution in [0.25, 0.3) is 0 Å². The standard InChI is InChI=1S/C23H36N4O2/c1-2-23(15-4-8-17(24)9-5-15,16-6-10-18(25)11-7-16)20-13-14(21(26)28)3-12-19(20)22(27)29/h3,12-13,15-18H,2,4-11,24-25H2,1H3,(H2,26,28)(H2,27,29). The molecule has 3 rings (SSSR count). The normalized spacial score (nSPS) is 29.8. The fourth-order valence-corrected chi connectivity index (χ4v) is 6.11. The Hall–Kier alpha value is -1.92. The van der Waals surface area contributed by atoms with Crippen LogP contribution in [0.5, 0.6) is 0 Å². The molecule has 0 heterocycles. The zero-order chi connectivity index (χ0) is 21.2. The topological polar surface area (TPSA) is 138 Å². The van der Waals surface area contributed by atoms with Crippen molar-refractivity contribution in [2.75, 3.05) is 0 Å². The van der Waals surface area contributed by atoms with E-state index in [0.29, 0.717) is 23.0 Å². The molecule has 0 spiro atoms. The number of benzene rings is 1. The highest BCUT2D eigenvalue weighted by molar-refractivity contribution is 5.98. The molecule has 0 radical (unpaired) electrons. The quantitative estimate of drug-likeness (QED) is 0.583. The number of carbonyl (C=O) groups excluding carboxylic acids is 2. The van der Waals surface area contributed by atoms with E-state index in [1.54, 1.807) is 12.1 Å². The van der Waals surface area contributed by atoms with Gasteiger partial charge in [0.25, 0.3) is 0 Å². The van der Waals surface area contributed by atoms with E-state index < -0.39 is 11.8 Å². The van der Waals surface area contributed by atoms with Crippen molar-refractivity contribution in [2.45, 2.75) is 82.2 Å². The Kier molecular flexibility index (Phi) is 6.64. The molecule has 2 amide bonds. The maximum atomic E-state index is 12.4. The van der Waals surface area contributed by atoms with Crippen molar-refractivity contribution in [2.24, 2.45) is 34.8 Å². The Morgan fingerprint density at radius 2 is 1.34 bits per heavy atom. The van der Waals surface area contributed by atoms with E-state index in [1.807, 2.05) is 6.07 Å². The van der Waals surface area contributed by atoms with Gasteiger partial charge in [-0.05, 0) is 93.4 Å². The minimum absolute atomic E-state index is 0.226. The second-order valence-corrected chi connectivity index (χ2v) is 9.11. The van der Waals surface area contributed by atoms with Crippen LogP contribution < -0.4 is 22.9 Å². The summed E-state index contributed by atoms with van der Waals surface area (Å²) in [6, 6.07) is 5.63. The fraction of sp³-hybridized carbons (Fsp3) is 0.652. The first-order valence-electron chi connectivity index (χ1n) is 11.0. The van der Waals surface area contributed by atoms with Gasteiger partial charge in [0.1, 0.15) is 0 Å². The minimum Gasteiger partial charge on any atom is -0.366 e. The minimum atomic E-state index is -0.483. The van der Waals surface area contributed by atoms with Crippen LogP contribution >= 0.6 is 0 Å². The second kappa shape index (κ2) is 8.84. The van der Waals surface area contributed by atoms with Gasteiger partial charge < -0.3 is 22.9 Å². The molecule has 160 valence electrons. The van der Waals surface area contributed by atoms with Gasteiger partial charge in [-0.15, -0.1) is 0 Å². The van der Waals surface area contributed by atoms with Crippen molar-refractivity contribution in [3.63, 3.8) is 0 Å². The van der Waals surface area contributed by atoms with Gasteiger partial charge in [0.15, 0.2) is 0 Å². The van der Waals surface area contributed by atoms with Crippen molar-refractivity contribution in [1.82, 2.24) is 0 Å². The van der Waals surface area contributed by atoms with Crippen molar-refractivity contribution in [3.8, 4) is 0 Å². The molecule has 0 saturated heterocycles. The molecule has 6 heteroatoms. The third-order valence-electron chi connectivity index (χ3n) is 7.66. The lowest BCUT2D eigenvalue weighted by molar-refractivity contribution is 0.0831. The maximum Gasteiger partial charge on any atom is 0.248 e. The average molecular weight is 401 g/mol. The number of carbonyl (C=O) groups is 2. The van der Waals surface area contributed by atoms with Crippen LogP contribution in [0.3, 0.4) is 0 Å². The summed E-state index contributed by atoms with van der Waals surface area (Å²) in [6.45, 7) is 2.20. The van der Waals surface area contributed by atoms with Crippen LogP contribution in [0, 0.1) is 11.8 Å². The van der Waals surface area contributed by atoms with Crippen molar-refractivity contribution in [1.29, 1.82) is 0 Å². The predicted octanol–water partition coefficient (Wildman–Crippen LogP) is 2.57. The summed E-state index contributed by atoms with van der Waals surface area (Å²) in [6.07, 6.45) is 8.93. The van der Waals surface area contributed by atoms with Gasteiger partial charge in [-0.3, -0.25) is 9.59 Å². The molecule has 2 fully saturated rings. The van der Waals surface area contributed by atoms with Gasteiger partial charge in [0, 0.05) is 28.6 Å². The first kappa shape index (κ1) is 21.8. The van der Waals surface area contributed by atoms with Gasteiger partial charge in [0.2, 0.25) is 11.8 Å². The largest absolute Gasteiger partial charge is 0.366 e. The second-order valence-electron chi connectivity index (χ2n) is 9.11. The Morgan fingerprint density at radius 3 is 1.72 bits per heavy atom. The number of amides is 2. The maximum absolute atomic E-state index is 12.4. The first-order chi connectivity index (χ1) is 13.8. The van der Waals surface area contributed by atoms with Gasteiger partial charge in [-0.2, -0.15) is 0 Å². The van der Waals surface area contributed by atoms with Crippen molar-refractivity contribution in [3.05, 3.63) is 34.9 Å². The van der Waals surface area contributed by atoms with E-state index in [1.165, 1.54) is 0 Å². The van der Waals surface area contributed by atoms with E-state index in [4.69, 9.17) is 22.9 Å². The zero-order valence-electron chi connectivity index (χ0n) is 17.5. The molecule has 2 saturated carbocycles. The highest BCUT2D eigenvalue weighted by Crippen LogP contribution is 2.53. The lowest BCUT2D eigenvalue weighted by Gasteiger charge is -2.51. The molecule has 6 nitrogen and oxygen atoms in total. The number of hydrogen-bond acceptors (Lipinski definition) is 4. The monoisotopic (exact) mass is 400 g/mol. The van der Waals surface area contributed by atoms with Crippen molar-refractivity contribution >= 4 is 11.8 Å². The van der Waals surface area contributed by atoms with E-state index in [-0.39, 0.29) is 17.5 Å². The molecule has 2 aliphatic rings. The van der Waals surface area contributed by atoms with Gasteiger partial charge in [-0.1, -0.05) is 6.92 Å². The van der Waals surface area contributed by atoms with E-state index in [9.17, 15) is 9.59 Å². The van der Waals surface area contributed by atoms with E-state index >= 15 is 0 Å². The molecule has 1 aromatic rings. The summed E-state index contributed by atoms with van der Waals surface area (Å²) in [5, 5.41) is 0. The first-order valence-corrected chi connectivity index (χ1v) is 11.0. The molecule has 0 aromatic heterocycles. The van der Waals surface area contributed by atoms with Crippen molar-refractivity contribution < 1.29 is 9.59 Å². The molecule has 29 heavy (non-hydrogen) atoms. The molecule has 0 unspecified atom stereocenters. The van der Waals surface area contributed by atoms with Crippen LogP contribution in [-0.4, -0.2) is 23.9 Å². The molecular weight excluding hydrogens is 364 g/mol. The van der Waals surface area contributed by atoms with Crippen LogP contribution in [0.15, 0.2) is 18.2 Å². The van der Waals surface area contributed by atoms with E-state index in [0.717, 1.165) is 63.4 Å². The summed E-state index contributed by atoms with van der Waals surface area (Å²) in [4.78, 5) is 24.4. The van der Waals surface area contributed by atoms with Crippen LogP contribution in [0.4, 0.5) is 0 Å². The smallest absolute Gasteiger partial charge is 0.248 e. The molecule has 8 N–H and O–H groups in total. The van der Waals surface area contributed by atoms with Crippen LogP contribution in [0.2, 0.25) is 0 Å². The zero-order valence-corrected chi connectivity index (χ0v) is 17.5. The summed E-state index contributed by atoms with van der Waals surface area (Å²) >= 11 is 0. The number of primary amides is 2.